The Balaban J connectivity index is 1.79. The number of hydrogen-bond donors (Lipinski definition) is 1. The predicted octanol–water partition coefficient (Wildman–Crippen LogP) is 4.72. The number of halogens is 1. The van der Waals surface area contributed by atoms with Gasteiger partial charge in [0.05, 0.1) is 24.8 Å². The number of morpholine rings is 1. The van der Waals surface area contributed by atoms with Gasteiger partial charge in [-0.3, -0.25) is 0 Å². The van der Waals surface area contributed by atoms with Crippen LogP contribution in [-0.4, -0.2) is 37.4 Å². The van der Waals surface area contributed by atoms with Crippen molar-refractivity contribution >= 4 is 38.8 Å². The number of benzene rings is 2. The summed E-state index contributed by atoms with van der Waals surface area (Å²) in [6.45, 7) is 9.97. The van der Waals surface area contributed by atoms with Gasteiger partial charge in [-0.25, -0.2) is 14.0 Å². The summed E-state index contributed by atoms with van der Waals surface area (Å²) in [6.07, 6.45) is 0.196. The molecule has 4 rings (SSSR count). The van der Waals surface area contributed by atoms with Crippen molar-refractivity contribution in [2.24, 2.45) is 0 Å². The summed E-state index contributed by atoms with van der Waals surface area (Å²) in [7, 11) is 0. The van der Waals surface area contributed by atoms with Gasteiger partial charge in [-0.15, -0.1) is 11.3 Å². The van der Waals surface area contributed by atoms with E-state index in [4.69, 9.17) is 11.3 Å². The minimum absolute atomic E-state index is 0.140. The summed E-state index contributed by atoms with van der Waals surface area (Å²) in [6, 6.07) is 10.4. The molecule has 28 heavy (non-hydrogen) atoms. The standard InChI is InChI=1S/C21H17FN2O3S/c1-23-18-16(11-13-10-14-4-2-3-5-15(14)17(22)12-13)19(21(25)26)28-20(18)24-6-8-27-9-7-24/h2-5,10,12H,6-9,11H2,(H,25,26). The molecule has 0 spiro atoms. The highest BCUT2D eigenvalue weighted by Crippen LogP contribution is 2.44. The second-order valence-corrected chi connectivity index (χ2v) is 7.55. The molecule has 0 unspecified atom stereocenters. The largest absolute Gasteiger partial charge is 0.477 e. The second-order valence-electron chi connectivity index (χ2n) is 6.56. The van der Waals surface area contributed by atoms with Crippen LogP contribution >= 0.6 is 11.3 Å². The van der Waals surface area contributed by atoms with Crippen LogP contribution < -0.4 is 4.90 Å². The fourth-order valence-electron chi connectivity index (χ4n) is 3.50. The molecule has 7 heteroatoms. The van der Waals surface area contributed by atoms with Crippen LogP contribution in [0.4, 0.5) is 15.1 Å². The lowest BCUT2D eigenvalue weighted by Crippen LogP contribution is -2.35. The Labute approximate surface area is 165 Å². The molecule has 1 aliphatic rings. The third-order valence-corrected chi connectivity index (χ3v) is 6.09. The molecule has 0 amide bonds. The van der Waals surface area contributed by atoms with Gasteiger partial charge in [0.25, 0.3) is 0 Å². The first-order chi connectivity index (χ1) is 13.6. The Morgan fingerprint density at radius 1 is 1.29 bits per heavy atom. The fourth-order valence-corrected chi connectivity index (χ4v) is 4.65. The first kappa shape index (κ1) is 18.4. The number of anilines is 1. The van der Waals surface area contributed by atoms with E-state index in [0.717, 1.165) is 16.7 Å². The van der Waals surface area contributed by atoms with Gasteiger partial charge in [-0.2, -0.15) is 0 Å². The molecule has 142 valence electrons. The van der Waals surface area contributed by atoms with Gasteiger partial charge in [0.2, 0.25) is 5.69 Å². The number of hydrogen-bond acceptors (Lipinski definition) is 4. The van der Waals surface area contributed by atoms with Crippen LogP contribution in [-0.2, 0) is 11.2 Å². The summed E-state index contributed by atoms with van der Waals surface area (Å²) >= 11 is 1.12. The zero-order chi connectivity index (χ0) is 19.7. The van der Waals surface area contributed by atoms with Gasteiger partial charge in [0, 0.05) is 18.5 Å². The minimum atomic E-state index is -1.06. The van der Waals surface area contributed by atoms with Crippen molar-refractivity contribution in [1.82, 2.24) is 0 Å². The highest BCUT2D eigenvalue weighted by Gasteiger charge is 2.27. The highest BCUT2D eigenvalue weighted by atomic mass is 32.1. The number of fused-ring (bicyclic) bond motifs is 1. The molecule has 0 saturated carbocycles. The van der Waals surface area contributed by atoms with Crippen molar-refractivity contribution in [2.45, 2.75) is 6.42 Å². The molecule has 1 aromatic heterocycles. The Kier molecular flexibility index (Phi) is 4.99. The lowest BCUT2D eigenvalue weighted by Gasteiger charge is -2.28. The van der Waals surface area contributed by atoms with Crippen LogP contribution in [0.5, 0.6) is 0 Å². The molecule has 1 N–H and O–H groups in total. The van der Waals surface area contributed by atoms with Gasteiger partial charge in [0.15, 0.2) is 0 Å². The zero-order valence-corrected chi connectivity index (χ0v) is 15.8. The van der Waals surface area contributed by atoms with Crippen LogP contribution in [0.15, 0.2) is 36.4 Å². The molecular weight excluding hydrogens is 379 g/mol. The van der Waals surface area contributed by atoms with Crippen molar-refractivity contribution in [1.29, 1.82) is 0 Å². The summed E-state index contributed by atoms with van der Waals surface area (Å²) in [5.41, 5.74) is 1.44. The first-order valence-corrected chi connectivity index (χ1v) is 9.66. The van der Waals surface area contributed by atoms with Crippen LogP contribution in [0, 0.1) is 12.4 Å². The van der Waals surface area contributed by atoms with E-state index in [1.165, 1.54) is 6.07 Å². The predicted molar refractivity (Wildman–Crippen MR) is 107 cm³/mol. The molecule has 2 aromatic carbocycles. The van der Waals surface area contributed by atoms with E-state index in [-0.39, 0.29) is 17.1 Å². The van der Waals surface area contributed by atoms with Crippen molar-refractivity contribution in [3.05, 3.63) is 69.6 Å². The average Bonchev–Trinajstić information content (AvgIpc) is 3.07. The Bertz CT molecular complexity index is 1100. The molecular formula is C21H17FN2O3S. The number of carboxylic acid groups (broad SMARTS) is 1. The van der Waals surface area contributed by atoms with Crippen LogP contribution in [0.2, 0.25) is 0 Å². The number of rotatable bonds is 4. The van der Waals surface area contributed by atoms with E-state index in [2.05, 4.69) is 4.85 Å². The number of nitrogens with zero attached hydrogens (tertiary/aromatic N) is 2. The number of thiophene rings is 1. The third kappa shape index (κ3) is 3.33. The Morgan fingerprint density at radius 2 is 2.04 bits per heavy atom. The maximum Gasteiger partial charge on any atom is 0.344 e. The van der Waals surface area contributed by atoms with Gasteiger partial charge in [0.1, 0.15) is 10.7 Å². The Morgan fingerprint density at radius 3 is 2.75 bits per heavy atom. The van der Waals surface area contributed by atoms with Gasteiger partial charge in [-0.05, 0) is 29.0 Å². The summed E-state index contributed by atoms with van der Waals surface area (Å²) < 4.78 is 19.8. The maximum absolute atomic E-state index is 14.5. The SMILES string of the molecule is [C-]#[N+]c1c(N2CCOCC2)sc(C(=O)O)c1Cc1cc(F)c2ccccc2c1. The molecule has 1 aliphatic heterocycles. The molecule has 2 heterocycles. The monoisotopic (exact) mass is 396 g/mol. The summed E-state index contributed by atoms with van der Waals surface area (Å²) in [4.78, 5) is 17.6. The molecule has 0 atom stereocenters. The van der Waals surface area contributed by atoms with Crippen molar-refractivity contribution in [3.8, 4) is 0 Å². The lowest BCUT2D eigenvalue weighted by molar-refractivity contribution is 0.0701. The van der Waals surface area contributed by atoms with Crippen molar-refractivity contribution in [2.75, 3.05) is 31.2 Å². The zero-order valence-electron chi connectivity index (χ0n) is 14.9. The van der Waals surface area contributed by atoms with E-state index >= 15 is 0 Å². The minimum Gasteiger partial charge on any atom is -0.477 e. The molecule has 1 saturated heterocycles. The number of carbonyl (C=O) groups is 1. The van der Waals surface area contributed by atoms with E-state index in [0.29, 0.717) is 53.5 Å². The van der Waals surface area contributed by atoms with Gasteiger partial charge in [-0.1, -0.05) is 30.3 Å². The molecule has 3 aromatic rings. The molecule has 5 nitrogen and oxygen atoms in total. The normalized spacial score (nSPS) is 14.2. The van der Waals surface area contributed by atoms with Crippen LogP contribution in [0.3, 0.4) is 0 Å². The van der Waals surface area contributed by atoms with Crippen LogP contribution in [0.1, 0.15) is 20.8 Å². The van der Waals surface area contributed by atoms with Crippen LogP contribution in [0.25, 0.3) is 15.6 Å². The van der Waals surface area contributed by atoms with Gasteiger partial charge >= 0.3 is 5.97 Å². The van der Waals surface area contributed by atoms with E-state index in [9.17, 15) is 14.3 Å². The van der Waals surface area contributed by atoms with Crippen molar-refractivity contribution in [3.63, 3.8) is 0 Å². The molecule has 0 bridgehead atoms. The summed E-state index contributed by atoms with van der Waals surface area (Å²) in [5, 5.41) is 11.6. The van der Waals surface area contributed by atoms with Crippen molar-refractivity contribution < 1.29 is 19.0 Å². The summed E-state index contributed by atoms with van der Waals surface area (Å²) in [5.74, 6) is -1.41. The van der Waals surface area contributed by atoms with Gasteiger partial charge < -0.3 is 14.7 Å². The lowest BCUT2D eigenvalue weighted by atomic mass is 10.00. The Hall–Kier alpha value is -2.95. The van der Waals surface area contributed by atoms with E-state index in [1.54, 1.807) is 12.1 Å². The fraction of sp³-hybridized carbons (Fsp3) is 0.238. The molecule has 0 radical (unpaired) electrons. The smallest absolute Gasteiger partial charge is 0.344 e. The van der Waals surface area contributed by atoms with E-state index < -0.39 is 5.97 Å². The highest BCUT2D eigenvalue weighted by molar-refractivity contribution is 7.18. The first-order valence-electron chi connectivity index (χ1n) is 8.84. The average molecular weight is 396 g/mol. The topological polar surface area (TPSA) is 54.1 Å². The molecule has 1 fully saturated rings. The number of ether oxygens (including phenoxy) is 1. The molecule has 0 aliphatic carbocycles. The number of aromatic carboxylic acids is 1. The third-order valence-electron chi connectivity index (χ3n) is 4.82. The van der Waals surface area contributed by atoms with E-state index in [1.807, 2.05) is 23.1 Å². The number of carboxylic acids is 1. The quantitative estimate of drug-likeness (QED) is 0.649. The second kappa shape index (κ2) is 7.58. The maximum atomic E-state index is 14.5.